The summed E-state index contributed by atoms with van der Waals surface area (Å²) in [6.45, 7) is 1.87. The van der Waals surface area contributed by atoms with Gasteiger partial charge in [-0.2, -0.15) is 9.61 Å². The first-order chi connectivity index (χ1) is 9.90. The number of ether oxygens (including phenoxy) is 1. The molecule has 0 bridgehead atoms. The molecule has 0 radical (unpaired) electrons. The molecule has 2 aromatic heterocycles. The minimum absolute atomic E-state index is 0.248. The molecule has 0 aliphatic heterocycles. The molecule has 3 aromatic rings. The van der Waals surface area contributed by atoms with Crippen molar-refractivity contribution in [2.24, 2.45) is 0 Å². The first kappa shape index (κ1) is 13.8. The van der Waals surface area contributed by atoms with E-state index in [0.29, 0.717) is 17.2 Å². The number of aryl methyl sites for hydroxylation is 1. The molecule has 9 heteroatoms. The second-order valence-electron chi connectivity index (χ2n) is 4.30. The number of hydrogen-bond acceptors (Lipinski definition) is 5. The number of nitrogens with zero attached hydrogens (tertiary/aromatic N) is 4. The smallest absolute Gasteiger partial charge is 0.406 e. The van der Waals surface area contributed by atoms with Gasteiger partial charge in [-0.25, -0.2) is 0 Å². The van der Waals surface area contributed by atoms with Gasteiger partial charge in [0.1, 0.15) is 10.8 Å². The van der Waals surface area contributed by atoms with Crippen LogP contribution < -0.4 is 4.74 Å². The number of fused-ring (bicyclic) bond motifs is 1. The largest absolute Gasteiger partial charge is 0.573 e. The van der Waals surface area contributed by atoms with Crippen LogP contribution in [0.4, 0.5) is 13.2 Å². The molecule has 0 spiro atoms. The lowest BCUT2D eigenvalue weighted by Gasteiger charge is -2.08. The van der Waals surface area contributed by atoms with Crippen molar-refractivity contribution in [1.29, 1.82) is 0 Å². The van der Waals surface area contributed by atoms with E-state index in [1.54, 1.807) is 16.6 Å². The average molecular weight is 314 g/mol. The summed E-state index contributed by atoms with van der Waals surface area (Å²) in [7, 11) is 0. The van der Waals surface area contributed by atoms with Crippen LogP contribution in [0.25, 0.3) is 4.96 Å². The Hall–Kier alpha value is -2.16. The van der Waals surface area contributed by atoms with Crippen LogP contribution in [0.1, 0.15) is 16.4 Å². The zero-order valence-corrected chi connectivity index (χ0v) is 11.6. The molecule has 3 rings (SSSR count). The lowest BCUT2D eigenvalue weighted by molar-refractivity contribution is -0.274. The van der Waals surface area contributed by atoms with Gasteiger partial charge < -0.3 is 4.74 Å². The zero-order valence-electron chi connectivity index (χ0n) is 10.8. The number of rotatable bonds is 3. The Morgan fingerprint density at radius 3 is 2.57 bits per heavy atom. The van der Waals surface area contributed by atoms with Crippen LogP contribution in [0.2, 0.25) is 0 Å². The van der Waals surface area contributed by atoms with Gasteiger partial charge in [-0.3, -0.25) is 0 Å². The first-order valence-corrected chi connectivity index (χ1v) is 6.75. The summed E-state index contributed by atoms with van der Waals surface area (Å²) in [6, 6.07) is 5.66. The molecule has 0 fully saturated rings. The maximum atomic E-state index is 12.1. The third-order valence-electron chi connectivity index (χ3n) is 2.68. The topological polar surface area (TPSA) is 52.3 Å². The normalized spacial score (nSPS) is 12.0. The van der Waals surface area contributed by atoms with E-state index in [-0.39, 0.29) is 5.75 Å². The van der Waals surface area contributed by atoms with Crippen molar-refractivity contribution in [3.63, 3.8) is 0 Å². The van der Waals surface area contributed by atoms with E-state index >= 15 is 0 Å². The average Bonchev–Trinajstić information content (AvgIpc) is 2.91. The molecule has 0 N–H and O–H groups in total. The van der Waals surface area contributed by atoms with Crippen LogP contribution in [0.15, 0.2) is 24.3 Å². The molecule has 0 unspecified atom stereocenters. The highest BCUT2D eigenvalue weighted by atomic mass is 32.1. The number of benzene rings is 1. The molecular weight excluding hydrogens is 305 g/mol. The summed E-state index contributed by atoms with van der Waals surface area (Å²) in [4.78, 5) is 0.694. The molecule has 0 amide bonds. The van der Waals surface area contributed by atoms with Gasteiger partial charge in [0.2, 0.25) is 4.96 Å². The summed E-state index contributed by atoms with van der Waals surface area (Å²) >= 11 is 1.43. The number of aromatic nitrogens is 4. The van der Waals surface area contributed by atoms with E-state index in [0.717, 1.165) is 10.6 Å². The van der Waals surface area contributed by atoms with Gasteiger partial charge in [-0.15, -0.1) is 23.4 Å². The monoisotopic (exact) mass is 314 g/mol. The molecule has 21 heavy (non-hydrogen) atoms. The zero-order chi connectivity index (χ0) is 15.0. The van der Waals surface area contributed by atoms with E-state index in [4.69, 9.17) is 0 Å². The van der Waals surface area contributed by atoms with E-state index in [1.807, 2.05) is 6.92 Å². The Morgan fingerprint density at radius 1 is 1.19 bits per heavy atom. The molecule has 110 valence electrons. The second-order valence-corrected chi connectivity index (χ2v) is 5.46. The van der Waals surface area contributed by atoms with Crippen LogP contribution in [0, 0.1) is 6.92 Å². The molecule has 0 saturated heterocycles. The fourth-order valence-corrected chi connectivity index (χ4v) is 2.56. The van der Waals surface area contributed by atoms with Gasteiger partial charge in [0.05, 0.1) is 0 Å². The Morgan fingerprint density at radius 2 is 1.90 bits per heavy atom. The van der Waals surface area contributed by atoms with Gasteiger partial charge in [0.15, 0.2) is 5.82 Å². The van der Waals surface area contributed by atoms with Crippen molar-refractivity contribution in [2.75, 3.05) is 0 Å². The third kappa shape index (κ3) is 3.13. The second kappa shape index (κ2) is 4.99. The van der Waals surface area contributed by atoms with Crippen LogP contribution in [-0.2, 0) is 6.42 Å². The Labute approximate surface area is 121 Å². The maximum Gasteiger partial charge on any atom is 0.573 e. The molecule has 0 saturated carbocycles. The SMILES string of the molecule is Cc1nn2c(Cc3ccc(OC(F)(F)F)cc3)nnc2s1. The highest BCUT2D eigenvalue weighted by molar-refractivity contribution is 7.16. The standard InChI is InChI=1S/C12H9F3N4OS/c1-7-18-19-10(16-17-11(19)21-7)6-8-2-4-9(5-3-8)20-12(13,14)15/h2-5H,6H2,1H3. The Kier molecular flexibility index (Phi) is 3.28. The minimum Gasteiger partial charge on any atom is -0.406 e. The van der Waals surface area contributed by atoms with Gasteiger partial charge in [-0.1, -0.05) is 23.5 Å². The fraction of sp³-hybridized carbons (Fsp3) is 0.250. The van der Waals surface area contributed by atoms with Gasteiger partial charge in [0, 0.05) is 6.42 Å². The first-order valence-electron chi connectivity index (χ1n) is 5.93. The highest BCUT2D eigenvalue weighted by Crippen LogP contribution is 2.23. The lowest BCUT2D eigenvalue weighted by Crippen LogP contribution is -2.17. The van der Waals surface area contributed by atoms with Crippen molar-refractivity contribution in [1.82, 2.24) is 19.8 Å². The summed E-state index contributed by atoms with van der Waals surface area (Å²) in [5.41, 5.74) is 0.796. The lowest BCUT2D eigenvalue weighted by atomic mass is 10.1. The fourth-order valence-electron chi connectivity index (χ4n) is 1.85. The Bertz CT molecular complexity index is 763. The number of halogens is 3. The number of alkyl halides is 3. The Balaban J connectivity index is 1.78. The van der Waals surface area contributed by atoms with Gasteiger partial charge >= 0.3 is 6.36 Å². The molecule has 0 aliphatic carbocycles. The van der Waals surface area contributed by atoms with Crippen molar-refractivity contribution in [3.05, 3.63) is 40.7 Å². The summed E-state index contributed by atoms with van der Waals surface area (Å²) in [6.07, 6.45) is -4.25. The molecular formula is C12H9F3N4OS. The van der Waals surface area contributed by atoms with Crippen molar-refractivity contribution >= 4 is 16.3 Å². The summed E-state index contributed by atoms with van der Waals surface area (Å²) in [5, 5.41) is 13.2. The molecule has 0 atom stereocenters. The number of hydrogen-bond donors (Lipinski definition) is 0. The van der Waals surface area contributed by atoms with Crippen LogP contribution in [0.5, 0.6) is 5.75 Å². The van der Waals surface area contributed by atoms with Crippen molar-refractivity contribution in [2.45, 2.75) is 19.7 Å². The predicted molar refractivity (Wildman–Crippen MR) is 69.3 cm³/mol. The van der Waals surface area contributed by atoms with Gasteiger partial charge in [0.25, 0.3) is 0 Å². The molecule has 0 aliphatic rings. The summed E-state index contributed by atoms with van der Waals surface area (Å²) in [5.74, 6) is 0.390. The van der Waals surface area contributed by atoms with Crippen LogP contribution >= 0.6 is 11.3 Å². The molecule has 1 aromatic carbocycles. The molecule has 5 nitrogen and oxygen atoms in total. The maximum absolute atomic E-state index is 12.1. The van der Waals surface area contributed by atoms with E-state index in [1.165, 1.54) is 23.5 Å². The van der Waals surface area contributed by atoms with Crippen molar-refractivity contribution in [3.8, 4) is 5.75 Å². The highest BCUT2D eigenvalue weighted by Gasteiger charge is 2.30. The predicted octanol–water partition coefficient (Wildman–Crippen LogP) is 2.98. The molecule has 2 heterocycles. The quantitative estimate of drug-likeness (QED) is 0.746. The van der Waals surface area contributed by atoms with Crippen LogP contribution in [0.3, 0.4) is 0 Å². The van der Waals surface area contributed by atoms with Crippen molar-refractivity contribution < 1.29 is 17.9 Å². The third-order valence-corrected chi connectivity index (χ3v) is 3.49. The van der Waals surface area contributed by atoms with Crippen LogP contribution in [-0.4, -0.2) is 26.2 Å². The minimum atomic E-state index is -4.68. The van der Waals surface area contributed by atoms with E-state index in [9.17, 15) is 13.2 Å². The van der Waals surface area contributed by atoms with E-state index in [2.05, 4.69) is 20.0 Å². The summed E-state index contributed by atoms with van der Waals surface area (Å²) < 4.78 is 41.7. The van der Waals surface area contributed by atoms with Gasteiger partial charge in [-0.05, 0) is 24.6 Å². The van der Waals surface area contributed by atoms with E-state index < -0.39 is 6.36 Å².